The van der Waals surface area contributed by atoms with Crippen LogP contribution in [0.2, 0.25) is 0 Å². The molecule has 3 aromatic carbocycles. The molecule has 5 heteroatoms. The Labute approximate surface area is 167 Å². The van der Waals surface area contributed by atoms with Crippen LogP contribution in [0.1, 0.15) is 50.6 Å². The van der Waals surface area contributed by atoms with Crippen LogP contribution in [0.4, 0.5) is 8.78 Å². The quantitative estimate of drug-likeness (QED) is 0.502. The van der Waals surface area contributed by atoms with Gasteiger partial charge in [-0.3, -0.25) is 4.79 Å². The van der Waals surface area contributed by atoms with Gasteiger partial charge in [0, 0.05) is 12.0 Å². The first-order valence-electron chi connectivity index (χ1n) is 9.29. The van der Waals surface area contributed by atoms with Crippen molar-refractivity contribution in [1.82, 2.24) is 0 Å². The van der Waals surface area contributed by atoms with Crippen molar-refractivity contribution in [2.24, 2.45) is 0 Å². The fourth-order valence-corrected chi connectivity index (χ4v) is 3.28. The lowest BCUT2D eigenvalue weighted by molar-refractivity contribution is 0.0696. The molecule has 0 fully saturated rings. The van der Waals surface area contributed by atoms with E-state index in [-0.39, 0.29) is 29.5 Å². The molecule has 3 rings (SSSR count). The van der Waals surface area contributed by atoms with Gasteiger partial charge in [-0.2, -0.15) is 0 Å². The molecule has 0 aliphatic carbocycles. The van der Waals surface area contributed by atoms with Gasteiger partial charge in [0.15, 0.2) is 5.78 Å². The van der Waals surface area contributed by atoms with Crippen molar-refractivity contribution in [1.29, 1.82) is 0 Å². The van der Waals surface area contributed by atoms with Gasteiger partial charge in [0.2, 0.25) is 0 Å². The Morgan fingerprint density at radius 2 is 1.45 bits per heavy atom. The SMILES string of the molecule is O=C(O)c1cccc(C(CCc2ccc(F)cc2)CC(=O)c2ccc(F)cc2)c1. The Morgan fingerprint density at radius 3 is 2.07 bits per heavy atom. The average molecular weight is 394 g/mol. The van der Waals surface area contributed by atoms with Gasteiger partial charge >= 0.3 is 5.97 Å². The maximum atomic E-state index is 13.1. The lowest BCUT2D eigenvalue weighted by Gasteiger charge is -2.18. The summed E-state index contributed by atoms with van der Waals surface area (Å²) in [6, 6.07) is 18.1. The predicted molar refractivity (Wildman–Crippen MR) is 106 cm³/mol. The third kappa shape index (κ3) is 5.57. The highest BCUT2D eigenvalue weighted by atomic mass is 19.1. The highest BCUT2D eigenvalue weighted by molar-refractivity contribution is 5.96. The summed E-state index contributed by atoms with van der Waals surface area (Å²) in [4.78, 5) is 24.1. The van der Waals surface area contributed by atoms with Crippen molar-refractivity contribution >= 4 is 11.8 Å². The largest absolute Gasteiger partial charge is 0.478 e. The van der Waals surface area contributed by atoms with Crippen LogP contribution in [0.25, 0.3) is 0 Å². The molecule has 0 spiro atoms. The Balaban J connectivity index is 1.82. The number of aryl methyl sites for hydroxylation is 1. The predicted octanol–water partition coefficient (Wildman–Crippen LogP) is 5.65. The summed E-state index contributed by atoms with van der Waals surface area (Å²) in [5.41, 5.74) is 2.25. The molecule has 0 bridgehead atoms. The van der Waals surface area contributed by atoms with Crippen LogP contribution in [0, 0.1) is 11.6 Å². The van der Waals surface area contributed by atoms with Crippen molar-refractivity contribution in [2.75, 3.05) is 0 Å². The fraction of sp³-hybridized carbons (Fsp3) is 0.167. The van der Waals surface area contributed by atoms with Crippen LogP contribution in [0.15, 0.2) is 72.8 Å². The molecule has 1 unspecified atom stereocenters. The Bertz CT molecular complexity index is 995. The molecule has 1 N–H and O–H groups in total. The molecular weight excluding hydrogens is 374 g/mol. The molecule has 0 saturated heterocycles. The molecule has 0 radical (unpaired) electrons. The zero-order valence-electron chi connectivity index (χ0n) is 15.6. The van der Waals surface area contributed by atoms with E-state index in [9.17, 15) is 23.5 Å². The van der Waals surface area contributed by atoms with Gasteiger partial charge in [0.25, 0.3) is 0 Å². The van der Waals surface area contributed by atoms with E-state index < -0.39 is 11.8 Å². The van der Waals surface area contributed by atoms with E-state index in [1.54, 1.807) is 30.3 Å². The molecule has 29 heavy (non-hydrogen) atoms. The standard InChI is InChI=1S/C24H20F2O3/c25-21-10-5-16(6-11-21)4-7-19(18-2-1-3-20(14-18)24(28)29)15-23(27)17-8-12-22(26)13-9-17/h1-3,5-6,8-14,19H,4,7,15H2,(H,28,29). The molecule has 148 valence electrons. The molecule has 3 nitrogen and oxygen atoms in total. The topological polar surface area (TPSA) is 54.4 Å². The number of carboxylic acid groups (broad SMARTS) is 1. The number of hydrogen-bond donors (Lipinski definition) is 1. The van der Waals surface area contributed by atoms with E-state index >= 15 is 0 Å². The molecular formula is C24H20F2O3. The molecule has 0 aliphatic heterocycles. The summed E-state index contributed by atoms with van der Waals surface area (Å²) in [6.45, 7) is 0. The fourth-order valence-electron chi connectivity index (χ4n) is 3.28. The molecule has 0 heterocycles. The van der Waals surface area contributed by atoms with Gasteiger partial charge < -0.3 is 5.11 Å². The molecule has 0 aromatic heterocycles. The number of carboxylic acids is 1. The number of halogens is 2. The third-order valence-corrected chi connectivity index (χ3v) is 4.90. The third-order valence-electron chi connectivity index (χ3n) is 4.90. The second-order valence-corrected chi connectivity index (χ2v) is 6.93. The lowest BCUT2D eigenvalue weighted by Crippen LogP contribution is -2.10. The van der Waals surface area contributed by atoms with E-state index in [1.165, 1.54) is 42.5 Å². The number of hydrogen-bond acceptors (Lipinski definition) is 2. The van der Waals surface area contributed by atoms with E-state index in [0.717, 1.165) is 11.1 Å². The number of ketones is 1. The smallest absolute Gasteiger partial charge is 0.335 e. The second-order valence-electron chi connectivity index (χ2n) is 6.93. The van der Waals surface area contributed by atoms with Gasteiger partial charge in [0.05, 0.1) is 5.56 Å². The molecule has 3 aromatic rings. The van der Waals surface area contributed by atoms with Crippen LogP contribution < -0.4 is 0 Å². The first-order chi connectivity index (χ1) is 13.9. The van der Waals surface area contributed by atoms with Gasteiger partial charge in [-0.25, -0.2) is 13.6 Å². The van der Waals surface area contributed by atoms with Crippen LogP contribution >= 0.6 is 0 Å². The minimum atomic E-state index is -1.03. The summed E-state index contributed by atoms with van der Waals surface area (Å²) in [5.74, 6) is -2.13. The Morgan fingerprint density at radius 1 is 0.828 bits per heavy atom. The first kappa shape index (κ1) is 20.4. The average Bonchev–Trinajstić information content (AvgIpc) is 2.72. The van der Waals surface area contributed by atoms with Crippen molar-refractivity contribution in [3.63, 3.8) is 0 Å². The number of rotatable bonds is 8. The maximum Gasteiger partial charge on any atom is 0.335 e. The minimum absolute atomic E-state index is 0.144. The number of Topliss-reactive ketones (excluding diaryl/α,β-unsaturated/α-hetero) is 1. The summed E-state index contributed by atoms with van der Waals surface area (Å²) in [5, 5.41) is 9.27. The number of aromatic carboxylic acids is 1. The normalized spacial score (nSPS) is 11.8. The van der Waals surface area contributed by atoms with Crippen LogP contribution in [-0.4, -0.2) is 16.9 Å². The van der Waals surface area contributed by atoms with Crippen molar-refractivity contribution in [3.8, 4) is 0 Å². The highest BCUT2D eigenvalue weighted by Crippen LogP contribution is 2.28. The first-order valence-corrected chi connectivity index (χ1v) is 9.29. The second kappa shape index (κ2) is 9.24. The summed E-state index contributed by atoms with van der Waals surface area (Å²) >= 11 is 0. The van der Waals surface area contributed by atoms with Crippen molar-refractivity contribution in [2.45, 2.75) is 25.2 Å². The number of benzene rings is 3. The van der Waals surface area contributed by atoms with E-state index in [0.29, 0.717) is 18.4 Å². The minimum Gasteiger partial charge on any atom is -0.478 e. The van der Waals surface area contributed by atoms with Gasteiger partial charge in [0.1, 0.15) is 11.6 Å². The number of carbonyl (C=O) groups excluding carboxylic acids is 1. The zero-order chi connectivity index (χ0) is 20.8. The zero-order valence-corrected chi connectivity index (χ0v) is 15.6. The molecule has 1 atom stereocenters. The summed E-state index contributed by atoms with van der Waals surface area (Å²) in [6.07, 6.45) is 1.36. The summed E-state index contributed by atoms with van der Waals surface area (Å²) < 4.78 is 26.3. The number of carbonyl (C=O) groups is 2. The van der Waals surface area contributed by atoms with E-state index in [4.69, 9.17) is 0 Å². The van der Waals surface area contributed by atoms with Crippen LogP contribution in [0.3, 0.4) is 0 Å². The van der Waals surface area contributed by atoms with Crippen LogP contribution in [0.5, 0.6) is 0 Å². The van der Waals surface area contributed by atoms with Crippen LogP contribution in [-0.2, 0) is 6.42 Å². The molecule has 0 amide bonds. The monoisotopic (exact) mass is 394 g/mol. The lowest BCUT2D eigenvalue weighted by atomic mass is 9.86. The highest BCUT2D eigenvalue weighted by Gasteiger charge is 2.19. The van der Waals surface area contributed by atoms with E-state index in [1.807, 2.05) is 0 Å². The molecule has 0 aliphatic rings. The van der Waals surface area contributed by atoms with Gasteiger partial charge in [-0.05, 0) is 78.4 Å². The maximum absolute atomic E-state index is 13.1. The van der Waals surface area contributed by atoms with E-state index in [2.05, 4.69) is 0 Å². The van der Waals surface area contributed by atoms with Gasteiger partial charge in [-0.1, -0.05) is 24.3 Å². The van der Waals surface area contributed by atoms with Crippen molar-refractivity contribution < 1.29 is 23.5 Å². The van der Waals surface area contributed by atoms with Gasteiger partial charge in [-0.15, -0.1) is 0 Å². The summed E-state index contributed by atoms with van der Waals surface area (Å²) in [7, 11) is 0. The Kier molecular flexibility index (Phi) is 6.50. The van der Waals surface area contributed by atoms with Crippen molar-refractivity contribution in [3.05, 3.63) is 107 Å². The molecule has 0 saturated carbocycles. The Hall–Kier alpha value is -3.34.